The Balaban J connectivity index is 1.81. The molecule has 0 saturated heterocycles. The molecule has 1 aromatic carbocycles. The van der Waals surface area contributed by atoms with Gasteiger partial charge in [0.05, 0.1) is 6.10 Å². The molecule has 0 aliphatic heterocycles. The van der Waals surface area contributed by atoms with Gasteiger partial charge in [-0.2, -0.15) is 0 Å². The molecule has 1 fully saturated rings. The predicted molar refractivity (Wildman–Crippen MR) is 73.5 cm³/mol. The fourth-order valence-electron chi connectivity index (χ4n) is 2.14. The molecular formula is C16H24O2. The Bertz CT molecular complexity index is 354. The number of aliphatic hydroxyl groups excluding tert-OH is 1. The van der Waals surface area contributed by atoms with Crippen LogP contribution in [0.5, 0.6) is 0 Å². The van der Waals surface area contributed by atoms with Crippen molar-refractivity contribution in [2.45, 2.75) is 51.7 Å². The number of benzene rings is 1. The molecule has 100 valence electrons. The summed E-state index contributed by atoms with van der Waals surface area (Å²) in [7, 11) is 0. The van der Waals surface area contributed by atoms with Crippen LogP contribution in [-0.2, 0) is 11.2 Å². The van der Waals surface area contributed by atoms with E-state index in [1.807, 2.05) is 19.1 Å². The van der Waals surface area contributed by atoms with Crippen molar-refractivity contribution < 1.29 is 9.84 Å². The minimum atomic E-state index is -0.518. The monoisotopic (exact) mass is 248 g/mol. The van der Waals surface area contributed by atoms with Crippen LogP contribution < -0.4 is 0 Å². The van der Waals surface area contributed by atoms with E-state index < -0.39 is 6.10 Å². The zero-order chi connectivity index (χ0) is 13.0. The number of aryl methyl sites for hydroxylation is 1. The van der Waals surface area contributed by atoms with Gasteiger partial charge in [-0.3, -0.25) is 0 Å². The third-order valence-corrected chi connectivity index (χ3v) is 3.78. The van der Waals surface area contributed by atoms with Crippen LogP contribution in [0.15, 0.2) is 24.3 Å². The molecule has 18 heavy (non-hydrogen) atoms. The van der Waals surface area contributed by atoms with Crippen molar-refractivity contribution in [3.63, 3.8) is 0 Å². The van der Waals surface area contributed by atoms with E-state index in [4.69, 9.17) is 4.74 Å². The van der Waals surface area contributed by atoms with E-state index >= 15 is 0 Å². The van der Waals surface area contributed by atoms with Gasteiger partial charge in [0.15, 0.2) is 0 Å². The number of aliphatic hydroxyl groups is 1. The summed E-state index contributed by atoms with van der Waals surface area (Å²) in [6.07, 6.45) is 4.25. The third kappa shape index (κ3) is 3.82. The van der Waals surface area contributed by atoms with Crippen molar-refractivity contribution in [3.05, 3.63) is 35.4 Å². The first kappa shape index (κ1) is 13.6. The lowest BCUT2D eigenvalue weighted by atomic mass is 10.0. The SMILES string of the molecule is CCc1ccc(C(O)C(C)OCCC2CC2)cc1. The van der Waals surface area contributed by atoms with E-state index in [9.17, 15) is 5.11 Å². The zero-order valence-electron chi connectivity index (χ0n) is 11.4. The first-order valence-electron chi connectivity index (χ1n) is 7.09. The fraction of sp³-hybridized carbons (Fsp3) is 0.625. The van der Waals surface area contributed by atoms with Gasteiger partial charge in [0.2, 0.25) is 0 Å². The Hall–Kier alpha value is -0.860. The molecule has 0 heterocycles. The molecule has 0 radical (unpaired) electrons. The van der Waals surface area contributed by atoms with Crippen molar-refractivity contribution in [1.29, 1.82) is 0 Å². The van der Waals surface area contributed by atoms with E-state index in [0.717, 1.165) is 30.9 Å². The van der Waals surface area contributed by atoms with Gasteiger partial charge in [0, 0.05) is 6.61 Å². The molecule has 2 rings (SSSR count). The molecule has 2 unspecified atom stereocenters. The highest BCUT2D eigenvalue weighted by Gasteiger charge is 2.22. The lowest BCUT2D eigenvalue weighted by Crippen LogP contribution is -2.19. The Morgan fingerprint density at radius 2 is 1.94 bits per heavy atom. The first-order chi connectivity index (χ1) is 8.70. The minimum Gasteiger partial charge on any atom is -0.386 e. The van der Waals surface area contributed by atoms with Gasteiger partial charge >= 0.3 is 0 Å². The van der Waals surface area contributed by atoms with Crippen molar-refractivity contribution in [2.75, 3.05) is 6.61 Å². The second kappa shape index (κ2) is 6.35. The number of ether oxygens (including phenoxy) is 1. The highest BCUT2D eigenvalue weighted by Crippen LogP contribution is 2.32. The minimum absolute atomic E-state index is 0.128. The summed E-state index contributed by atoms with van der Waals surface area (Å²) in [6.45, 7) is 4.86. The van der Waals surface area contributed by atoms with Gasteiger partial charge in [-0.1, -0.05) is 44.0 Å². The predicted octanol–water partition coefficient (Wildman–Crippen LogP) is 3.49. The second-order valence-corrected chi connectivity index (χ2v) is 5.35. The van der Waals surface area contributed by atoms with Crippen LogP contribution in [0.3, 0.4) is 0 Å². The van der Waals surface area contributed by atoms with Gasteiger partial charge in [-0.25, -0.2) is 0 Å². The zero-order valence-corrected chi connectivity index (χ0v) is 11.4. The number of hydrogen-bond acceptors (Lipinski definition) is 2. The molecule has 0 aromatic heterocycles. The summed E-state index contributed by atoms with van der Waals surface area (Å²) < 4.78 is 5.72. The van der Waals surface area contributed by atoms with Crippen LogP contribution in [-0.4, -0.2) is 17.8 Å². The number of hydrogen-bond donors (Lipinski definition) is 1. The van der Waals surface area contributed by atoms with Crippen molar-refractivity contribution >= 4 is 0 Å². The highest BCUT2D eigenvalue weighted by atomic mass is 16.5. The van der Waals surface area contributed by atoms with E-state index in [2.05, 4.69) is 19.1 Å². The van der Waals surface area contributed by atoms with E-state index in [1.165, 1.54) is 18.4 Å². The molecule has 2 atom stereocenters. The van der Waals surface area contributed by atoms with Gasteiger partial charge in [0.1, 0.15) is 6.10 Å². The average molecular weight is 248 g/mol. The molecule has 1 saturated carbocycles. The molecule has 2 heteroatoms. The van der Waals surface area contributed by atoms with Crippen LogP contribution in [0.25, 0.3) is 0 Å². The summed E-state index contributed by atoms with van der Waals surface area (Å²) in [4.78, 5) is 0. The van der Waals surface area contributed by atoms with Crippen molar-refractivity contribution in [3.8, 4) is 0 Å². The lowest BCUT2D eigenvalue weighted by molar-refractivity contribution is -0.0298. The fourth-order valence-corrected chi connectivity index (χ4v) is 2.14. The molecular weight excluding hydrogens is 224 g/mol. The lowest BCUT2D eigenvalue weighted by Gasteiger charge is -2.20. The maximum atomic E-state index is 10.2. The molecule has 0 bridgehead atoms. The third-order valence-electron chi connectivity index (χ3n) is 3.78. The van der Waals surface area contributed by atoms with Crippen molar-refractivity contribution in [1.82, 2.24) is 0 Å². The average Bonchev–Trinajstić information content (AvgIpc) is 3.22. The van der Waals surface area contributed by atoms with Crippen LogP contribution in [0.2, 0.25) is 0 Å². The van der Waals surface area contributed by atoms with Crippen LogP contribution in [0.1, 0.15) is 50.3 Å². The molecule has 1 N–H and O–H groups in total. The summed E-state index contributed by atoms with van der Waals surface area (Å²) in [5, 5.41) is 10.2. The summed E-state index contributed by atoms with van der Waals surface area (Å²) >= 11 is 0. The Kier molecular flexibility index (Phi) is 4.79. The largest absolute Gasteiger partial charge is 0.386 e. The Labute approximate surface area is 110 Å². The molecule has 1 aliphatic rings. The van der Waals surface area contributed by atoms with Gasteiger partial charge < -0.3 is 9.84 Å². The van der Waals surface area contributed by atoms with Gasteiger partial charge in [-0.05, 0) is 36.8 Å². The maximum Gasteiger partial charge on any atom is 0.105 e. The van der Waals surface area contributed by atoms with E-state index in [-0.39, 0.29) is 6.10 Å². The van der Waals surface area contributed by atoms with Crippen LogP contribution in [0, 0.1) is 5.92 Å². The number of rotatable bonds is 7. The first-order valence-corrected chi connectivity index (χ1v) is 7.09. The van der Waals surface area contributed by atoms with E-state index in [1.54, 1.807) is 0 Å². The molecule has 1 aliphatic carbocycles. The Morgan fingerprint density at radius 1 is 1.28 bits per heavy atom. The Morgan fingerprint density at radius 3 is 2.50 bits per heavy atom. The van der Waals surface area contributed by atoms with Crippen LogP contribution >= 0.6 is 0 Å². The molecule has 0 amide bonds. The molecule has 2 nitrogen and oxygen atoms in total. The quantitative estimate of drug-likeness (QED) is 0.800. The topological polar surface area (TPSA) is 29.5 Å². The molecule has 0 spiro atoms. The second-order valence-electron chi connectivity index (χ2n) is 5.35. The highest BCUT2D eigenvalue weighted by molar-refractivity contribution is 5.24. The normalized spacial score (nSPS) is 18.6. The van der Waals surface area contributed by atoms with Crippen molar-refractivity contribution in [2.24, 2.45) is 5.92 Å². The van der Waals surface area contributed by atoms with Gasteiger partial charge in [-0.15, -0.1) is 0 Å². The smallest absolute Gasteiger partial charge is 0.105 e. The summed E-state index contributed by atoms with van der Waals surface area (Å²) in [6, 6.07) is 8.17. The van der Waals surface area contributed by atoms with Crippen LogP contribution in [0.4, 0.5) is 0 Å². The van der Waals surface area contributed by atoms with E-state index in [0.29, 0.717) is 0 Å². The summed E-state index contributed by atoms with van der Waals surface area (Å²) in [5.74, 6) is 0.887. The maximum absolute atomic E-state index is 10.2. The standard InChI is InChI=1S/C16H24O2/c1-3-13-6-8-15(9-7-13)16(17)12(2)18-11-10-14-4-5-14/h6-9,12,14,16-17H,3-5,10-11H2,1-2H3. The molecule has 1 aromatic rings. The van der Waals surface area contributed by atoms with Gasteiger partial charge in [0.25, 0.3) is 0 Å². The summed E-state index contributed by atoms with van der Waals surface area (Å²) in [5.41, 5.74) is 2.25.